The molecule has 8 nitrogen and oxygen atoms in total. The van der Waals surface area contributed by atoms with Gasteiger partial charge in [-0.2, -0.15) is 4.91 Å². The van der Waals surface area contributed by atoms with E-state index >= 15 is 0 Å². The number of methoxy groups -OCH3 is 1. The number of H-pyrrole nitrogens is 1. The molecule has 0 bridgehead atoms. The first-order valence-corrected chi connectivity index (χ1v) is 6.55. The van der Waals surface area contributed by atoms with Crippen LogP contribution in [0.3, 0.4) is 0 Å². The molecule has 0 atom stereocenters. The Hall–Kier alpha value is -2.90. The Bertz CT molecular complexity index is 730. The van der Waals surface area contributed by atoms with Gasteiger partial charge in [0.05, 0.1) is 24.9 Å². The number of carbonyl (C=O) groups excluding carboxylic acids is 1. The lowest BCUT2D eigenvalue weighted by Crippen LogP contribution is -2.14. The zero-order valence-electron chi connectivity index (χ0n) is 11.9. The van der Waals surface area contributed by atoms with Crippen LogP contribution in [0.15, 0.2) is 34.2 Å². The summed E-state index contributed by atoms with van der Waals surface area (Å²) in [7, 11) is 1.27. The third-order valence-electron chi connectivity index (χ3n) is 3.19. The van der Waals surface area contributed by atoms with Gasteiger partial charge in [-0.1, -0.05) is 17.3 Å². The van der Waals surface area contributed by atoms with Crippen molar-refractivity contribution in [1.29, 1.82) is 0 Å². The van der Waals surface area contributed by atoms with Gasteiger partial charge in [-0.25, -0.2) is 9.36 Å². The lowest BCUT2D eigenvalue weighted by Gasteiger charge is -2.04. The highest BCUT2D eigenvalue weighted by Crippen LogP contribution is 2.20. The van der Waals surface area contributed by atoms with Gasteiger partial charge in [0.2, 0.25) is 5.88 Å². The topological polar surface area (TPSA) is 114 Å². The molecule has 1 aromatic carbocycles. The second-order valence-electron chi connectivity index (χ2n) is 4.60. The van der Waals surface area contributed by atoms with Crippen molar-refractivity contribution >= 4 is 5.97 Å². The molecule has 0 aliphatic heterocycles. The zero-order valence-corrected chi connectivity index (χ0v) is 11.9. The smallest absolute Gasteiger partial charge is 0.333 e. The molecule has 22 heavy (non-hydrogen) atoms. The largest absolute Gasteiger partial charge is 0.493 e. The zero-order chi connectivity index (χ0) is 16.1. The van der Waals surface area contributed by atoms with Gasteiger partial charge in [-0.3, -0.25) is 4.79 Å². The van der Waals surface area contributed by atoms with Crippen molar-refractivity contribution in [1.82, 2.24) is 9.55 Å². The molecule has 2 N–H and O–H groups in total. The molecule has 1 heterocycles. The summed E-state index contributed by atoms with van der Waals surface area (Å²) < 4.78 is 5.60. The molecule has 2 aromatic rings. The lowest BCUT2D eigenvalue weighted by molar-refractivity contribution is -0.140. The van der Waals surface area contributed by atoms with Crippen LogP contribution in [0.2, 0.25) is 0 Å². The number of hydrogen-bond donors (Lipinski definition) is 2. The quantitative estimate of drug-likeness (QED) is 0.615. The minimum Gasteiger partial charge on any atom is -0.493 e. The number of esters is 1. The number of carbonyl (C=O) groups is 1. The Balaban J connectivity index is 2.27. The lowest BCUT2D eigenvalue weighted by atomic mass is 10.2. The molecule has 116 valence electrons. The minimum absolute atomic E-state index is 0.0404. The fourth-order valence-corrected chi connectivity index (χ4v) is 2.04. The van der Waals surface area contributed by atoms with E-state index in [0.29, 0.717) is 11.3 Å². The number of nitrogens with one attached hydrogen (secondary N) is 1. The maximum atomic E-state index is 11.9. The van der Waals surface area contributed by atoms with Crippen LogP contribution in [0.5, 0.6) is 5.88 Å². The van der Waals surface area contributed by atoms with E-state index in [1.165, 1.54) is 7.11 Å². The average molecular weight is 305 g/mol. The summed E-state index contributed by atoms with van der Waals surface area (Å²) in [6.07, 6.45) is 0.210. The number of benzene rings is 1. The number of aryl methyl sites for hydroxylation is 1. The number of hydrogen-bond acceptors (Lipinski definition) is 6. The summed E-state index contributed by atoms with van der Waals surface area (Å²) in [4.78, 5) is 35.8. The first-order chi connectivity index (χ1) is 10.6. The highest BCUT2D eigenvalue weighted by molar-refractivity contribution is 5.69. The highest BCUT2D eigenvalue weighted by Gasteiger charge is 2.15. The van der Waals surface area contributed by atoms with Crippen LogP contribution < -0.4 is 5.69 Å². The van der Waals surface area contributed by atoms with Crippen molar-refractivity contribution in [3.8, 4) is 11.6 Å². The second kappa shape index (κ2) is 6.70. The Morgan fingerprint density at radius 3 is 2.64 bits per heavy atom. The maximum Gasteiger partial charge on any atom is 0.333 e. The minimum atomic E-state index is -0.515. The number of aromatic nitrogens is 2. The van der Waals surface area contributed by atoms with Crippen molar-refractivity contribution in [3.63, 3.8) is 0 Å². The van der Waals surface area contributed by atoms with Gasteiger partial charge in [-0.15, -0.1) is 0 Å². The van der Waals surface area contributed by atoms with Crippen LogP contribution in [0.4, 0.5) is 0 Å². The molecule has 8 heteroatoms. The molecule has 0 fully saturated rings. The number of rotatable bonds is 6. The average Bonchev–Trinajstić information content (AvgIpc) is 2.80. The number of nitrogens with zero attached hydrogens (tertiary/aromatic N) is 2. The standard InChI is InChI=1S/C14H15N3O5/c1-22-12(18)7-6-11-13(19)17(14(20)16-11)10-4-2-9(3-5-10)8-15-21/h2-5,19H,6-8H2,1H3,(H,16,20). The van der Waals surface area contributed by atoms with Gasteiger partial charge >= 0.3 is 11.7 Å². The predicted octanol–water partition coefficient (Wildman–Crippen LogP) is 1.24. The summed E-state index contributed by atoms with van der Waals surface area (Å²) >= 11 is 0. The maximum absolute atomic E-state index is 11.9. The van der Waals surface area contributed by atoms with Crippen LogP contribution >= 0.6 is 0 Å². The fourth-order valence-electron chi connectivity index (χ4n) is 2.04. The summed E-state index contributed by atoms with van der Waals surface area (Å²) in [5.74, 6) is -0.686. The van der Waals surface area contributed by atoms with E-state index in [1.807, 2.05) is 0 Å². The summed E-state index contributed by atoms with van der Waals surface area (Å²) in [6.45, 7) is 0.0404. The molecule has 0 saturated heterocycles. The normalized spacial score (nSPS) is 10.4. The SMILES string of the molecule is COC(=O)CCc1[nH]c(=O)n(-c2ccc(CN=O)cc2)c1O. The van der Waals surface area contributed by atoms with Crippen LogP contribution in [0.25, 0.3) is 5.69 Å². The van der Waals surface area contributed by atoms with Crippen LogP contribution in [-0.2, 0) is 22.5 Å². The third kappa shape index (κ3) is 3.22. The second-order valence-corrected chi connectivity index (χ2v) is 4.60. The van der Waals surface area contributed by atoms with E-state index in [1.54, 1.807) is 24.3 Å². The van der Waals surface area contributed by atoms with Gasteiger partial charge < -0.3 is 14.8 Å². The van der Waals surface area contributed by atoms with Gasteiger partial charge in [0.15, 0.2) is 0 Å². The molecule has 0 unspecified atom stereocenters. The number of imidazole rings is 1. The van der Waals surface area contributed by atoms with Crippen molar-refractivity contribution in [2.75, 3.05) is 7.11 Å². The molecule has 0 aliphatic rings. The molecular weight excluding hydrogens is 290 g/mol. The molecule has 1 aromatic heterocycles. The van der Waals surface area contributed by atoms with Crippen molar-refractivity contribution < 1.29 is 14.6 Å². The number of aromatic hydroxyl groups is 1. The molecular formula is C14H15N3O5. The molecule has 0 amide bonds. The van der Waals surface area contributed by atoms with E-state index < -0.39 is 11.7 Å². The van der Waals surface area contributed by atoms with Crippen LogP contribution in [0.1, 0.15) is 17.7 Å². The molecule has 0 saturated carbocycles. The van der Waals surface area contributed by atoms with Crippen molar-refractivity contribution in [2.24, 2.45) is 5.18 Å². The predicted molar refractivity (Wildman–Crippen MR) is 77.9 cm³/mol. The summed E-state index contributed by atoms with van der Waals surface area (Å²) in [6, 6.07) is 6.48. The highest BCUT2D eigenvalue weighted by atomic mass is 16.5. The first kappa shape index (κ1) is 15.5. The van der Waals surface area contributed by atoms with Crippen LogP contribution in [-0.4, -0.2) is 27.7 Å². The van der Waals surface area contributed by atoms with E-state index in [9.17, 15) is 19.6 Å². The molecule has 0 spiro atoms. The van der Waals surface area contributed by atoms with Gasteiger partial charge in [0, 0.05) is 6.42 Å². The first-order valence-electron chi connectivity index (χ1n) is 6.55. The Labute approximate surface area is 125 Å². The van der Waals surface area contributed by atoms with E-state index in [0.717, 1.165) is 4.57 Å². The third-order valence-corrected chi connectivity index (χ3v) is 3.19. The van der Waals surface area contributed by atoms with Gasteiger partial charge in [-0.05, 0) is 17.7 Å². The van der Waals surface area contributed by atoms with E-state index in [-0.39, 0.29) is 31.0 Å². The monoisotopic (exact) mass is 305 g/mol. The number of ether oxygens (including phenoxy) is 1. The van der Waals surface area contributed by atoms with Gasteiger partial charge in [0.25, 0.3) is 0 Å². The van der Waals surface area contributed by atoms with Crippen molar-refractivity contribution in [2.45, 2.75) is 19.4 Å². The fraction of sp³-hybridized carbons (Fsp3) is 0.286. The van der Waals surface area contributed by atoms with Crippen molar-refractivity contribution in [3.05, 3.63) is 50.9 Å². The van der Waals surface area contributed by atoms with E-state index in [4.69, 9.17) is 0 Å². The Morgan fingerprint density at radius 1 is 1.36 bits per heavy atom. The number of aromatic amines is 1. The Kier molecular flexibility index (Phi) is 4.72. The molecule has 2 rings (SSSR count). The van der Waals surface area contributed by atoms with Gasteiger partial charge in [0.1, 0.15) is 6.54 Å². The molecule has 0 aliphatic carbocycles. The summed E-state index contributed by atoms with van der Waals surface area (Å²) in [5, 5.41) is 12.9. The molecule has 0 radical (unpaired) electrons. The number of nitroso groups, excluding NO2 is 1. The Morgan fingerprint density at radius 2 is 2.05 bits per heavy atom. The summed E-state index contributed by atoms with van der Waals surface area (Å²) in [5.41, 5.74) is 0.887. The van der Waals surface area contributed by atoms with Crippen LogP contribution in [0, 0.1) is 4.91 Å². The van der Waals surface area contributed by atoms with E-state index in [2.05, 4.69) is 14.9 Å².